The van der Waals surface area contributed by atoms with Crippen LogP contribution in [0.1, 0.15) is 19.4 Å². The Labute approximate surface area is 95.0 Å². The van der Waals surface area contributed by atoms with Crippen LogP contribution in [0, 0.1) is 0 Å². The van der Waals surface area contributed by atoms with E-state index in [0.717, 1.165) is 5.28 Å². The van der Waals surface area contributed by atoms with Gasteiger partial charge in [-0.3, -0.25) is 0 Å². The average Bonchev–Trinajstić information content (AvgIpc) is 2.21. The second-order valence-corrected chi connectivity index (χ2v) is 2.68. The molecule has 2 nitrogen and oxygen atoms in total. The van der Waals surface area contributed by atoms with Crippen LogP contribution < -0.4 is 10.2 Å². The van der Waals surface area contributed by atoms with Gasteiger partial charge in [0.25, 0.3) is 0 Å². The Morgan fingerprint density at radius 3 is 1.57 bits per heavy atom. The van der Waals surface area contributed by atoms with Crippen LogP contribution in [0.2, 0.25) is 0 Å². The summed E-state index contributed by atoms with van der Waals surface area (Å²) >= 11 is 2.69. The Hall–Kier alpha value is -0.328. The Bertz CT molecular complexity index is 176. The molecular formula is C11H17AlO2. The standard InChI is InChI=1S/C7H7.2C2H5O.Al/c1-7-5-3-2-4-6-7;2*1-2-3;/h2-6H,1H2;2*2H2,1H3;/q;2*-1;+2. The van der Waals surface area contributed by atoms with E-state index < -0.39 is 0 Å². The van der Waals surface area contributed by atoms with E-state index in [2.05, 4.69) is 40.6 Å². The monoisotopic (exact) mass is 208 g/mol. The average molecular weight is 208 g/mol. The Kier molecular flexibility index (Phi) is 17.4. The molecule has 0 aliphatic carbocycles. The van der Waals surface area contributed by atoms with Gasteiger partial charge in [-0.05, 0) is 0 Å². The first-order valence-corrected chi connectivity index (χ1v) is 5.48. The summed E-state index contributed by atoms with van der Waals surface area (Å²) in [6.07, 6.45) is 0. The van der Waals surface area contributed by atoms with E-state index in [-0.39, 0.29) is 13.2 Å². The molecule has 0 N–H and O–H groups in total. The number of hydrogen-bond donors (Lipinski definition) is 0. The summed E-state index contributed by atoms with van der Waals surface area (Å²) in [7, 11) is 0. The van der Waals surface area contributed by atoms with Crippen LogP contribution in [0.5, 0.6) is 0 Å². The molecule has 0 bridgehead atoms. The molecule has 76 valence electrons. The zero-order valence-corrected chi connectivity index (χ0v) is 10.1. The zero-order chi connectivity index (χ0) is 11.2. The molecule has 1 aromatic rings. The minimum atomic E-state index is 0. The van der Waals surface area contributed by atoms with Crippen molar-refractivity contribution in [1.82, 2.24) is 0 Å². The van der Waals surface area contributed by atoms with Crippen molar-refractivity contribution in [1.29, 1.82) is 0 Å². The van der Waals surface area contributed by atoms with E-state index >= 15 is 0 Å². The minimum absolute atomic E-state index is 0. The van der Waals surface area contributed by atoms with Gasteiger partial charge in [0.15, 0.2) is 0 Å². The Morgan fingerprint density at radius 1 is 1.00 bits per heavy atom. The maximum atomic E-state index is 8.93. The van der Waals surface area contributed by atoms with Crippen LogP contribution in [-0.2, 0) is 5.28 Å². The fourth-order valence-electron chi connectivity index (χ4n) is 0.614. The summed E-state index contributed by atoms with van der Waals surface area (Å²) in [4.78, 5) is 0. The van der Waals surface area contributed by atoms with Crippen molar-refractivity contribution in [3.05, 3.63) is 35.9 Å². The first-order chi connectivity index (χ1) is 6.76. The van der Waals surface area contributed by atoms with Crippen molar-refractivity contribution in [2.75, 3.05) is 13.2 Å². The molecule has 1 aromatic carbocycles. The van der Waals surface area contributed by atoms with Crippen molar-refractivity contribution in [3.63, 3.8) is 0 Å². The van der Waals surface area contributed by atoms with Crippen LogP contribution in [0.3, 0.4) is 0 Å². The van der Waals surface area contributed by atoms with Gasteiger partial charge in [-0.1, -0.05) is 13.8 Å². The summed E-state index contributed by atoms with van der Waals surface area (Å²) in [6, 6.07) is 10.4. The molecule has 1 rings (SSSR count). The van der Waals surface area contributed by atoms with Crippen molar-refractivity contribution >= 4 is 16.3 Å². The molecule has 0 saturated heterocycles. The third kappa shape index (κ3) is 14.2. The molecule has 0 radical (unpaired) electrons. The van der Waals surface area contributed by atoms with Gasteiger partial charge in [-0.2, -0.15) is 0 Å². The van der Waals surface area contributed by atoms with Gasteiger partial charge in [0.2, 0.25) is 0 Å². The van der Waals surface area contributed by atoms with Crippen LogP contribution in [0.25, 0.3) is 0 Å². The third-order valence-corrected chi connectivity index (χ3v) is 1.55. The summed E-state index contributed by atoms with van der Waals surface area (Å²) in [5.74, 6) is 0. The zero-order valence-electron chi connectivity index (χ0n) is 8.90. The molecule has 0 atom stereocenters. The van der Waals surface area contributed by atoms with E-state index in [1.165, 1.54) is 5.56 Å². The van der Waals surface area contributed by atoms with E-state index in [4.69, 9.17) is 10.2 Å². The van der Waals surface area contributed by atoms with E-state index in [0.29, 0.717) is 0 Å². The molecule has 3 heteroatoms. The molecule has 0 unspecified atom stereocenters. The maximum absolute atomic E-state index is 8.93. The molecule has 0 heterocycles. The van der Waals surface area contributed by atoms with Gasteiger partial charge < -0.3 is 10.2 Å². The molecule has 0 aliphatic heterocycles. The molecule has 0 fully saturated rings. The van der Waals surface area contributed by atoms with Crippen LogP contribution in [0.4, 0.5) is 0 Å². The number of benzene rings is 1. The van der Waals surface area contributed by atoms with E-state index in [9.17, 15) is 0 Å². The summed E-state index contributed by atoms with van der Waals surface area (Å²) < 4.78 is 0. The summed E-state index contributed by atoms with van der Waals surface area (Å²) in [6.45, 7) is 3.14. The van der Waals surface area contributed by atoms with Gasteiger partial charge >= 0.3 is 57.5 Å². The molecule has 0 spiro atoms. The Balaban J connectivity index is 0. The summed E-state index contributed by atoms with van der Waals surface area (Å²) in [5.41, 5.74) is 1.37. The fraction of sp³-hybridized carbons (Fsp3) is 0.455. The van der Waals surface area contributed by atoms with Crippen molar-refractivity contribution in [2.24, 2.45) is 0 Å². The molecule has 0 saturated carbocycles. The normalized spacial score (nSPS) is 7.86. The van der Waals surface area contributed by atoms with Crippen molar-refractivity contribution in [2.45, 2.75) is 19.1 Å². The second-order valence-electron chi connectivity index (χ2n) is 2.27. The first kappa shape index (κ1) is 16.1. The number of rotatable bonds is 1. The van der Waals surface area contributed by atoms with Gasteiger partial charge in [0, 0.05) is 0 Å². The predicted molar refractivity (Wildman–Crippen MR) is 57.0 cm³/mol. The quantitative estimate of drug-likeness (QED) is 0.614. The molecule has 0 amide bonds. The summed E-state index contributed by atoms with van der Waals surface area (Å²) in [5, 5.41) is 18.9. The van der Waals surface area contributed by atoms with Crippen LogP contribution in [-0.4, -0.2) is 29.5 Å². The fourth-order valence-corrected chi connectivity index (χ4v) is 0.886. The predicted octanol–water partition coefficient (Wildman–Crippen LogP) is 0.0883. The first-order valence-electron chi connectivity index (χ1n) is 4.66. The molecule has 14 heavy (non-hydrogen) atoms. The van der Waals surface area contributed by atoms with Crippen LogP contribution in [0.15, 0.2) is 30.3 Å². The number of hydrogen-bond acceptors (Lipinski definition) is 2. The molecule has 0 aromatic heterocycles. The molecule has 0 aliphatic rings. The topological polar surface area (TPSA) is 46.1 Å². The van der Waals surface area contributed by atoms with Crippen LogP contribution >= 0.6 is 0 Å². The SMILES string of the molecule is CC[O-].CC[O-].[Al+2][CH2]c1ccccc1. The molecular weight excluding hydrogens is 191 g/mol. The van der Waals surface area contributed by atoms with Crippen molar-refractivity contribution in [3.8, 4) is 0 Å². The van der Waals surface area contributed by atoms with Gasteiger partial charge in [0.1, 0.15) is 0 Å². The third-order valence-electron chi connectivity index (χ3n) is 1.08. The van der Waals surface area contributed by atoms with Crippen molar-refractivity contribution < 1.29 is 10.2 Å². The van der Waals surface area contributed by atoms with E-state index in [1.807, 2.05) is 6.07 Å². The van der Waals surface area contributed by atoms with Gasteiger partial charge in [-0.25, -0.2) is 0 Å². The second kappa shape index (κ2) is 15.2. The van der Waals surface area contributed by atoms with Gasteiger partial charge in [0.05, 0.1) is 0 Å². The van der Waals surface area contributed by atoms with E-state index in [1.54, 1.807) is 13.8 Å². The Morgan fingerprint density at radius 2 is 1.36 bits per heavy atom. The van der Waals surface area contributed by atoms with Gasteiger partial charge in [-0.15, -0.1) is 13.2 Å².